The van der Waals surface area contributed by atoms with E-state index in [1.54, 1.807) is 0 Å². The van der Waals surface area contributed by atoms with E-state index in [2.05, 4.69) is 10.6 Å². The zero-order valence-corrected chi connectivity index (χ0v) is 15.4. The smallest absolute Gasteiger partial charge is 0.263 e. The number of carbonyl (C=O) groups is 1. The predicted molar refractivity (Wildman–Crippen MR) is 97.5 cm³/mol. The summed E-state index contributed by atoms with van der Waals surface area (Å²) < 4.78 is 11.2. The van der Waals surface area contributed by atoms with Crippen LogP contribution in [0, 0.1) is 11.3 Å². The van der Waals surface area contributed by atoms with Gasteiger partial charge in [0, 0.05) is 18.8 Å². The van der Waals surface area contributed by atoms with Gasteiger partial charge >= 0.3 is 0 Å². The van der Waals surface area contributed by atoms with Crippen LogP contribution >= 0.6 is 0 Å². The maximum Gasteiger partial charge on any atom is 0.263 e. The van der Waals surface area contributed by atoms with Crippen LogP contribution in [-0.2, 0) is 11.2 Å². The zero-order chi connectivity index (χ0) is 18.7. The fourth-order valence-corrected chi connectivity index (χ4v) is 2.13. The third-order valence-corrected chi connectivity index (χ3v) is 3.20. The first-order valence-corrected chi connectivity index (χ1v) is 8.54. The second-order valence-electron chi connectivity index (χ2n) is 5.65. The summed E-state index contributed by atoms with van der Waals surface area (Å²) in [7, 11) is 0. The van der Waals surface area contributed by atoms with Gasteiger partial charge in [0.1, 0.15) is 11.6 Å². The summed E-state index contributed by atoms with van der Waals surface area (Å²) in [5, 5.41) is 14.8. The first kappa shape index (κ1) is 20.4. The van der Waals surface area contributed by atoms with Gasteiger partial charge in [-0.1, -0.05) is 6.07 Å². The van der Waals surface area contributed by atoms with Gasteiger partial charge in [-0.05, 0) is 51.8 Å². The van der Waals surface area contributed by atoms with Crippen LogP contribution in [0.1, 0.15) is 33.3 Å². The van der Waals surface area contributed by atoms with Crippen LogP contribution in [0.5, 0.6) is 11.5 Å². The van der Waals surface area contributed by atoms with E-state index < -0.39 is 0 Å². The van der Waals surface area contributed by atoms with Gasteiger partial charge < -0.3 is 20.1 Å². The molecule has 0 atom stereocenters. The molecule has 1 amide bonds. The Bertz CT molecular complexity index is 633. The lowest BCUT2D eigenvalue weighted by Gasteiger charge is -2.12. The van der Waals surface area contributed by atoms with E-state index in [-0.39, 0.29) is 17.5 Å². The maximum absolute atomic E-state index is 11.8. The number of hydrogen-bond acceptors (Lipinski definition) is 5. The molecule has 0 spiro atoms. The summed E-state index contributed by atoms with van der Waals surface area (Å²) >= 11 is 0. The summed E-state index contributed by atoms with van der Waals surface area (Å²) in [6.45, 7) is 9.31. The van der Waals surface area contributed by atoms with Crippen molar-refractivity contribution in [3.63, 3.8) is 0 Å². The van der Waals surface area contributed by atoms with Crippen molar-refractivity contribution in [1.29, 1.82) is 5.26 Å². The highest BCUT2D eigenvalue weighted by atomic mass is 16.5. The molecular weight excluding hydrogens is 318 g/mol. The molecule has 1 aromatic rings. The number of nitriles is 1. The third-order valence-electron chi connectivity index (χ3n) is 3.20. The number of ether oxygens (including phenoxy) is 2. The number of amides is 1. The fourth-order valence-electron chi connectivity index (χ4n) is 2.13. The number of carbonyl (C=O) groups excluding carboxylic acids is 1. The van der Waals surface area contributed by atoms with Crippen molar-refractivity contribution in [1.82, 2.24) is 10.6 Å². The van der Waals surface area contributed by atoms with Gasteiger partial charge in [-0.25, -0.2) is 0 Å². The average molecular weight is 345 g/mol. The molecular formula is C19H27N3O3. The summed E-state index contributed by atoms with van der Waals surface area (Å²) in [6, 6.07) is 7.73. The standard InChI is InChI=1S/C19H27N3O3/c1-5-24-17-8-7-15(11-18(17)25-6-2)9-10-21-13-16(12-20)19(23)22-14(3)4/h7-8,11,13-14,21H,5-6,9-10H2,1-4H3,(H,22,23)/b16-13-. The number of hydrogen-bond donors (Lipinski definition) is 2. The van der Waals surface area contributed by atoms with Crippen LogP contribution in [0.4, 0.5) is 0 Å². The molecule has 0 aliphatic carbocycles. The molecule has 0 radical (unpaired) electrons. The first-order valence-electron chi connectivity index (χ1n) is 8.54. The molecule has 2 N–H and O–H groups in total. The van der Waals surface area contributed by atoms with Gasteiger partial charge in [0.15, 0.2) is 11.5 Å². The largest absolute Gasteiger partial charge is 0.490 e. The molecule has 0 saturated heterocycles. The molecule has 6 heteroatoms. The van der Waals surface area contributed by atoms with Crippen molar-refractivity contribution in [2.45, 2.75) is 40.2 Å². The van der Waals surface area contributed by atoms with Gasteiger partial charge in [-0.15, -0.1) is 0 Å². The highest BCUT2D eigenvalue weighted by Gasteiger charge is 2.09. The summed E-state index contributed by atoms with van der Waals surface area (Å²) in [4.78, 5) is 11.8. The molecule has 0 bridgehead atoms. The lowest BCUT2D eigenvalue weighted by Crippen LogP contribution is -2.31. The Morgan fingerprint density at radius 3 is 2.52 bits per heavy atom. The Morgan fingerprint density at radius 1 is 1.24 bits per heavy atom. The monoisotopic (exact) mass is 345 g/mol. The summed E-state index contributed by atoms with van der Waals surface area (Å²) in [5.74, 6) is 1.09. The second-order valence-corrected chi connectivity index (χ2v) is 5.65. The van der Waals surface area contributed by atoms with E-state index in [9.17, 15) is 4.79 Å². The highest BCUT2D eigenvalue weighted by Crippen LogP contribution is 2.28. The number of benzene rings is 1. The molecule has 136 valence electrons. The van der Waals surface area contributed by atoms with Crippen LogP contribution in [0.2, 0.25) is 0 Å². The molecule has 0 saturated carbocycles. The van der Waals surface area contributed by atoms with Crippen LogP contribution in [0.25, 0.3) is 0 Å². The van der Waals surface area contributed by atoms with Crippen LogP contribution in [0.3, 0.4) is 0 Å². The van der Waals surface area contributed by atoms with Crippen molar-refractivity contribution >= 4 is 5.91 Å². The van der Waals surface area contributed by atoms with Crippen LogP contribution < -0.4 is 20.1 Å². The molecule has 0 unspecified atom stereocenters. The lowest BCUT2D eigenvalue weighted by molar-refractivity contribution is -0.117. The molecule has 0 aliphatic rings. The van der Waals surface area contributed by atoms with E-state index in [1.165, 1.54) is 6.20 Å². The van der Waals surface area contributed by atoms with Crippen molar-refractivity contribution in [2.75, 3.05) is 19.8 Å². The number of nitrogens with one attached hydrogen (secondary N) is 2. The SMILES string of the molecule is CCOc1ccc(CCN/C=C(/C#N)C(=O)NC(C)C)cc1OCC. The lowest BCUT2D eigenvalue weighted by atomic mass is 10.1. The van der Waals surface area contributed by atoms with Crippen LogP contribution in [-0.4, -0.2) is 31.7 Å². The van der Waals surface area contributed by atoms with E-state index in [0.717, 1.165) is 23.5 Å². The molecule has 0 fully saturated rings. The van der Waals surface area contributed by atoms with E-state index in [0.29, 0.717) is 19.8 Å². The molecule has 25 heavy (non-hydrogen) atoms. The van der Waals surface area contributed by atoms with Gasteiger partial charge in [0.05, 0.1) is 13.2 Å². The molecule has 0 aromatic heterocycles. The Kier molecular flexibility index (Phi) is 8.94. The van der Waals surface area contributed by atoms with Crippen molar-refractivity contribution in [2.24, 2.45) is 0 Å². The molecule has 1 rings (SSSR count). The van der Waals surface area contributed by atoms with E-state index in [1.807, 2.05) is 52.0 Å². The van der Waals surface area contributed by atoms with Gasteiger partial charge in [-0.2, -0.15) is 5.26 Å². The first-order chi connectivity index (χ1) is 12.0. The van der Waals surface area contributed by atoms with E-state index >= 15 is 0 Å². The summed E-state index contributed by atoms with van der Waals surface area (Å²) in [5.41, 5.74) is 1.15. The predicted octanol–water partition coefficient (Wildman–Crippen LogP) is 2.55. The van der Waals surface area contributed by atoms with Crippen molar-refractivity contribution in [3.05, 3.63) is 35.5 Å². The van der Waals surface area contributed by atoms with Gasteiger partial charge in [0.2, 0.25) is 0 Å². The minimum absolute atomic E-state index is 0.00918. The van der Waals surface area contributed by atoms with Gasteiger partial charge in [0.25, 0.3) is 5.91 Å². The number of nitrogens with zero attached hydrogens (tertiary/aromatic N) is 1. The fraction of sp³-hybridized carbons (Fsp3) is 0.474. The second kappa shape index (κ2) is 11.0. The van der Waals surface area contributed by atoms with Crippen molar-refractivity contribution in [3.8, 4) is 17.6 Å². The topological polar surface area (TPSA) is 83.4 Å². The van der Waals surface area contributed by atoms with Gasteiger partial charge in [-0.3, -0.25) is 4.79 Å². The number of rotatable bonds is 10. The minimum atomic E-state index is -0.371. The quantitative estimate of drug-likeness (QED) is 0.387. The molecule has 0 heterocycles. The Balaban J connectivity index is 2.63. The molecule has 0 aliphatic heterocycles. The average Bonchev–Trinajstić information content (AvgIpc) is 2.56. The highest BCUT2D eigenvalue weighted by molar-refractivity contribution is 5.97. The normalized spacial score (nSPS) is 11.0. The molecule has 6 nitrogen and oxygen atoms in total. The zero-order valence-electron chi connectivity index (χ0n) is 15.4. The Morgan fingerprint density at radius 2 is 1.92 bits per heavy atom. The summed E-state index contributed by atoms with van der Waals surface area (Å²) in [6.07, 6.45) is 2.18. The third kappa shape index (κ3) is 7.17. The van der Waals surface area contributed by atoms with Crippen molar-refractivity contribution < 1.29 is 14.3 Å². The van der Waals surface area contributed by atoms with E-state index in [4.69, 9.17) is 14.7 Å². The maximum atomic E-state index is 11.8. The minimum Gasteiger partial charge on any atom is -0.490 e. The van der Waals surface area contributed by atoms with Crippen LogP contribution in [0.15, 0.2) is 30.0 Å². The molecule has 1 aromatic carbocycles. The Hall–Kier alpha value is -2.68. The Labute approximate surface area is 149 Å².